The summed E-state index contributed by atoms with van der Waals surface area (Å²) in [6.07, 6.45) is 3.15. The number of aromatic nitrogens is 4. The maximum atomic E-state index is 5.63. The molecule has 0 amide bonds. The minimum Gasteiger partial charge on any atom is -0.382 e. The fourth-order valence-corrected chi connectivity index (χ4v) is 1.09. The highest BCUT2D eigenvalue weighted by Gasteiger charge is 2.06. The summed E-state index contributed by atoms with van der Waals surface area (Å²) in [7, 11) is 0. The molecule has 3 N–H and O–H groups in total. The summed E-state index contributed by atoms with van der Waals surface area (Å²) < 4.78 is 0. The quantitative estimate of drug-likeness (QED) is 0.670. The second-order valence-corrected chi connectivity index (χ2v) is 2.73. The zero-order chi connectivity index (χ0) is 9.26. The third kappa shape index (κ3) is 1.35. The van der Waals surface area contributed by atoms with Crippen molar-refractivity contribution < 1.29 is 0 Å². The molecule has 0 saturated heterocycles. The van der Waals surface area contributed by atoms with Crippen molar-refractivity contribution in [2.75, 3.05) is 5.73 Å². The Kier molecular flexibility index (Phi) is 1.70. The van der Waals surface area contributed by atoms with Gasteiger partial charge in [-0.1, -0.05) is 0 Å². The average molecular weight is 175 g/mol. The summed E-state index contributed by atoms with van der Waals surface area (Å²) in [6, 6.07) is 1.88. The normalized spacial score (nSPS) is 10.2. The van der Waals surface area contributed by atoms with Crippen LogP contribution in [0.5, 0.6) is 0 Å². The van der Waals surface area contributed by atoms with Gasteiger partial charge in [0.2, 0.25) is 0 Å². The van der Waals surface area contributed by atoms with Crippen LogP contribution in [0.2, 0.25) is 0 Å². The number of rotatable bonds is 1. The molecule has 0 atom stereocenters. The van der Waals surface area contributed by atoms with Crippen LogP contribution in [0, 0.1) is 6.92 Å². The molecule has 0 fully saturated rings. The SMILES string of the molecule is Cc1cc(-c2nccnc2N)n[nH]1. The summed E-state index contributed by atoms with van der Waals surface area (Å²) in [5.41, 5.74) is 7.95. The van der Waals surface area contributed by atoms with Crippen molar-refractivity contribution in [1.82, 2.24) is 20.2 Å². The predicted molar refractivity (Wildman–Crippen MR) is 48.8 cm³/mol. The number of hydrogen-bond acceptors (Lipinski definition) is 4. The molecule has 0 aromatic carbocycles. The Hall–Kier alpha value is -1.91. The van der Waals surface area contributed by atoms with E-state index in [1.807, 2.05) is 13.0 Å². The minimum absolute atomic E-state index is 0.397. The molecule has 0 radical (unpaired) electrons. The molecule has 2 rings (SSSR count). The zero-order valence-electron chi connectivity index (χ0n) is 7.15. The van der Waals surface area contributed by atoms with Crippen molar-refractivity contribution >= 4 is 5.82 Å². The molecule has 0 aliphatic rings. The maximum absolute atomic E-state index is 5.63. The van der Waals surface area contributed by atoms with Gasteiger partial charge in [0.05, 0.1) is 0 Å². The third-order valence-corrected chi connectivity index (χ3v) is 1.68. The first-order valence-corrected chi connectivity index (χ1v) is 3.86. The monoisotopic (exact) mass is 175 g/mol. The van der Waals surface area contributed by atoms with Crippen molar-refractivity contribution in [2.24, 2.45) is 0 Å². The first kappa shape index (κ1) is 7.72. The van der Waals surface area contributed by atoms with E-state index < -0.39 is 0 Å². The lowest BCUT2D eigenvalue weighted by atomic mass is 10.3. The molecule has 5 heteroatoms. The largest absolute Gasteiger partial charge is 0.382 e. The van der Waals surface area contributed by atoms with E-state index in [2.05, 4.69) is 20.2 Å². The summed E-state index contributed by atoms with van der Waals surface area (Å²) in [5.74, 6) is 0.397. The lowest BCUT2D eigenvalue weighted by Crippen LogP contribution is -1.95. The highest BCUT2D eigenvalue weighted by Crippen LogP contribution is 2.18. The van der Waals surface area contributed by atoms with E-state index in [4.69, 9.17) is 5.73 Å². The molecule has 2 aromatic rings. The van der Waals surface area contributed by atoms with Gasteiger partial charge in [0, 0.05) is 18.1 Å². The van der Waals surface area contributed by atoms with Gasteiger partial charge in [-0.25, -0.2) is 9.97 Å². The van der Waals surface area contributed by atoms with Gasteiger partial charge in [-0.05, 0) is 13.0 Å². The van der Waals surface area contributed by atoms with Crippen LogP contribution < -0.4 is 5.73 Å². The van der Waals surface area contributed by atoms with Gasteiger partial charge >= 0.3 is 0 Å². The lowest BCUT2D eigenvalue weighted by Gasteiger charge is -1.97. The summed E-state index contributed by atoms with van der Waals surface area (Å²) in [5, 5.41) is 6.86. The Bertz CT molecular complexity index is 420. The molecule has 0 bridgehead atoms. The molecule has 5 nitrogen and oxygen atoms in total. The first-order valence-electron chi connectivity index (χ1n) is 3.86. The van der Waals surface area contributed by atoms with Gasteiger partial charge in [-0.15, -0.1) is 0 Å². The topological polar surface area (TPSA) is 80.5 Å². The Morgan fingerprint density at radius 1 is 1.31 bits per heavy atom. The molecular formula is C8H9N5. The number of nitrogens with zero attached hydrogens (tertiary/aromatic N) is 3. The standard InChI is InChI=1S/C8H9N5/c1-5-4-6(13-12-5)7-8(9)11-3-2-10-7/h2-4H,1H3,(H2,9,11)(H,12,13). The highest BCUT2D eigenvalue weighted by molar-refractivity contribution is 5.65. The third-order valence-electron chi connectivity index (χ3n) is 1.68. The highest BCUT2D eigenvalue weighted by atomic mass is 15.1. The smallest absolute Gasteiger partial charge is 0.151 e. The van der Waals surface area contributed by atoms with Crippen LogP contribution in [0.25, 0.3) is 11.4 Å². The molecule has 0 saturated carbocycles. The van der Waals surface area contributed by atoms with E-state index in [0.29, 0.717) is 11.5 Å². The number of nitrogens with two attached hydrogens (primary N) is 1. The van der Waals surface area contributed by atoms with E-state index >= 15 is 0 Å². The molecule has 0 unspecified atom stereocenters. The van der Waals surface area contributed by atoms with Crippen LogP contribution in [-0.2, 0) is 0 Å². The van der Waals surface area contributed by atoms with Crippen molar-refractivity contribution in [3.8, 4) is 11.4 Å². The number of nitrogen functional groups attached to an aromatic ring is 1. The van der Waals surface area contributed by atoms with Crippen molar-refractivity contribution in [1.29, 1.82) is 0 Å². The van der Waals surface area contributed by atoms with Gasteiger partial charge in [0.15, 0.2) is 5.82 Å². The molecule has 0 spiro atoms. The van der Waals surface area contributed by atoms with Crippen molar-refractivity contribution in [3.05, 3.63) is 24.2 Å². The second-order valence-electron chi connectivity index (χ2n) is 2.73. The van der Waals surface area contributed by atoms with Gasteiger partial charge in [-0.2, -0.15) is 5.10 Å². The molecule has 2 heterocycles. The Morgan fingerprint density at radius 2 is 2.08 bits per heavy atom. The number of anilines is 1. The predicted octanol–water partition coefficient (Wildman–Crippen LogP) is 0.757. The zero-order valence-corrected chi connectivity index (χ0v) is 7.15. The van der Waals surface area contributed by atoms with E-state index in [0.717, 1.165) is 11.4 Å². The van der Waals surface area contributed by atoms with Crippen molar-refractivity contribution in [2.45, 2.75) is 6.92 Å². The van der Waals surface area contributed by atoms with Crippen molar-refractivity contribution in [3.63, 3.8) is 0 Å². The van der Waals surface area contributed by atoms with E-state index in [9.17, 15) is 0 Å². The van der Waals surface area contributed by atoms with Gasteiger partial charge < -0.3 is 5.73 Å². The van der Waals surface area contributed by atoms with Crippen LogP contribution >= 0.6 is 0 Å². The molecule has 13 heavy (non-hydrogen) atoms. The van der Waals surface area contributed by atoms with Crippen LogP contribution in [0.4, 0.5) is 5.82 Å². The van der Waals surface area contributed by atoms with E-state index in [1.54, 1.807) is 12.4 Å². The Balaban J connectivity index is 2.52. The molecular weight excluding hydrogens is 166 g/mol. The van der Waals surface area contributed by atoms with Gasteiger partial charge in [0.1, 0.15) is 11.4 Å². The molecule has 2 aromatic heterocycles. The lowest BCUT2D eigenvalue weighted by molar-refractivity contribution is 1.04. The maximum Gasteiger partial charge on any atom is 0.151 e. The number of aryl methyl sites for hydroxylation is 1. The summed E-state index contributed by atoms with van der Waals surface area (Å²) >= 11 is 0. The molecule has 0 aliphatic heterocycles. The first-order chi connectivity index (χ1) is 6.27. The van der Waals surface area contributed by atoms with Crippen LogP contribution in [-0.4, -0.2) is 20.2 Å². The van der Waals surface area contributed by atoms with Crippen LogP contribution in [0.15, 0.2) is 18.5 Å². The van der Waals surface area contributed by atoms with Gasteiger partial charge in [0.25, 0.3) is 0 Å². The van der Waals surface area contributed by atoms with E-state index in [1.165, 1.54) is 0 Å². The summed E-state index contributed by atoms with van der Waals surface area (Å²) in [4.78, 5) is 8.02. The molecule has 0 aliphatic carbocycles. The fourth-order valence-electron chi connectivity index (χ4n) is 1.09. The number of aromatic amines is 1. The molecule has 66 valence electrons. The average Bonchev–Trinajstić information content (AvgIpc) is 2.53. The number of H-pyrrole nitrogens is 1. The van der Waals surface area contributed by atoms with Crippen LogP contribution in [0.3, 0.4) is 0 Å². The van der Waals surface area contributed by atoms with Gasteiger partial charge in [-0.3, -0.25) is 5.10 Å². The van der Waals surface area contributed by atoms with E-state index in [-0.39, 0.29) is 0 Å². The Morgan fingerprint density at radius 3 is 2.69 bits per heavy atom. The number of nitrogens with one attached hydrogen (secondary N) is 1. The van der Waals surface area contributed by atoms with Crippen LogP contribution in [0.1, 0.15) is 5.69 Å². The fraction of sp³-hybridized carbons (Fsp3) is 0.125. The number of hydrogen-bond donors (Lipinski definition) is 2. The minimum atomic E-state index is 0.397. The Labute approximate surface area is 75.0 Å². The second kappa shape index (κ2) is 2.85. The summed E-state index contributed by atoms with van der Waals surface area (Å²) in [6.45, 7) is 1.92.